The van der Waals surface area contributed by atoms with Gasteiger partial charge in [0, 0.05) is 37.0 Å². The molecular weight excluding hydrogens is 347 g/mol. The van der Waals surface area contributed by atoms with Crippen molar-refractivity contribution in [2.75, 3.05) is 0 Å². The summed E-state index contributed by atoms with van der Waals surface area (Å²) in [5, 5.41) is 13.7. The minimum absolute atomic E-state index is 0. The fourth-order valence-corrected chi connectivity index (χ4v) is 2.90. The third-order valence-corrected chi connectivity index (χ3v) is 4.23. The molecule has 0 bridgehead atoms. The van der Waals surface area contributed by atoms with Gasteiger partial charge in [-0.2, -0.15) is 0 Å². The third kappa shape index (κ3) is 5.02. The van der Waals surface area contributed by atoms with Crippen molar-refractivity contribution >= 4 is 30.6 Å². The zero-order valence-electron chi connectivity index (χ0n) is 13.2. The molecule has 2 N–H and O–H groups in total. The number of halogens is 2. The van der Waals surface area contributed by atoms with Crippen LogP contribution in [0.1, 0.15) is 34.3 Å². The Morgan fingerprint density at radius 1 is 1.21 bits per heavy atom. The number of benzene rings is 1. The smallest absolute Gasteiger partial charge is 0.164 e. The first-order chi connectivity index (χ1) is 10.7. The highest BCUT2D eigenvalue weighted by Gasteiger charge is 2.24. The van der Waals surface area contributed by atoms with Gasteiger partial charge in [0.05, 0.1) is 6.10 Å². The first-order valence-corrected chi connectivity index (χ1v) is 7.65. The Kier molecular flexibility index (Phi) is 8.36. The van der Waals surface area contributed by atoms with Crippen LogP contribution < -0.4 is 5.32 Å². The Bertz CT molecular complexity index is 652. The number of nitrogens with one attached hydrogen (secondary N) is 1. The summed E-state index contributed by atoms with van der Waals surface area (Å²) in [7, 11) is 0. The molecule has 1 aliphatic rings. The first-order valence-electron chi connectivity index (χ1n) is 7.65. The summed E-state index contributed by atoms with van der Waals surface area (Å²) in [6.07, 6.45) is 4.31. The van der Waals surface area contributed by atoms with Gasteiger partial charge in [0.2, 0.25) is 0 Å². The number of pyridine rings is 1. The molecule has 0 saturated heterocycles. The number of nitrogens with zero attached hydrogens (tertiary/aromatic N) is 1. The number of aliphatic hydroxyl groups excluding tert-OH is 1. The number of fused-ring (bicyclic) bond motifs is 1. The number of carbonyl (C=O) groups excluding carboxylic acids is 1. The Morgan fingerprint density at radius 3 is 2.67 bits per heavy atom. The molecule has 0 saturated carbocycles. The van der Waals surface area contributed by atoms with E-state index in [2.05, 4.69) is 22.4 Å². The largest absolute Gasteiger partial charge is 0.391 e. The van der Waals surface area contributed by atoms with Crippen LogP contribution >= 0.6 is 24.8 Å². The molecule has 130 valence electrons. The number of hydrogen-bond acceptors (Lipinski definition) is 4. The average Bonchev–Trinajstić information content (AvgIpc) is 2.59. The summed E-state index contributed by atoms with van der Waals surface area (Å²) >= 11 is 0. The lowest BCUT2D eigenvalue weighted by Gasteiger charge is -2.29. The molecule has 0 fully saturated rings. The highest BCUT2D eigenvalue weighted by molar-refractivity contribution is 5.95. The second-order valence-electron chi connectivity index (χ2n) is 5.73. The molecule has 24 heavy (non-hydrogen) atoms. The number of Topliss-reactive ketones (excluding diaryl/α,β-unsaturated/α-hetero) is 1. The zero-order chi connectivity index (χ0) is 15.4. The molecule has 6 heteroatoms. The van der Waals surface area contributed by atoms with E-state index in [4.69, 9.17) is 0 Å². The van der Waals surface area contributed by atoms with E-state index in [1.165, 1.54) is 11.1 Å². The standard InChI is InChI=1S/C18H20N2O2.2ClH/c21-17(15-6-3-9-19-11-15)7-8-18(22)16-10-13-4-1-2-5-14(13)12-20-16;;/h1-6,9,11,16,18,20,22H,7-8,10,12H2;2*1H/t16-,18+;;/m0../s1. The molecule has 2 aromatic rings. The molecule has 0 unspecified atom stereocenters. The van der Waals surface area contributed by atoms with Crippen molar-refractivity contribution in [1.29, 1.82) is 0 Å². The predicted molar refractivity (Wildman–Crippen MR) is 99.1 cm³/mol. The van der Waals surface area contributed by atoms with E-state index in [-0.39, 0.29) is 36.6 Å². The minimum Gasteiger partial charge on any atom is -0.391 e. The van der Waals surface area contributed by atoms with E-state index in [0.717, 1.165) is 13.0 Å². The molecule has 1 aliphatic heterocycles. The van der Waals surface area contributed by atoms with Gasteiger partial charge < -0.3 is 10.4 Å². The van der Waals surface area contributed by atoms with Crippen molar-refractivity contribution in [2.45, 2.75) is 38.0 Å². The first kappa shape index (κ1) is 20.6. The van der Waals surface area contributed by atoms with Gasteiger partial charge in [0.25, 0.3) is 0 Å². The molecule has 1 aromatic carbocycles. The SMILES string of the molecule is Cl.Cl.O=C(CC[C@@H](O)[C@@H]1Cc2ccccc2CN1)c1cccnc1. The predicted octanol–water partition coefficient (Wildman–Crippen LogP) is 2.96. The highest BCUT2D eigenvalue weighted by atomic mass is 35.5. The lowest BCUT2D eigenvalue weighted by atomic mass is 9.91. The summed E-state index contributed by atoms with van der Waals surface area (Å²) < 4.78 is 0. The fraction of sp³-hybridized carbons (Fsp3) is 0.333. The maximum atomic E-state index is 12.1. The number of ketones is 1. The monoisotopic (exact) mass is 368 g/mol. The van der Waals surface area contributed by atoms with Crippen molar-refractivity contribution in [3.05, 3.63) is 65.5 Å². The van der Waals surface area contributed by atoms with Crippen molar-refractivity contribution in [1.82, 2.24) is 10.3 Å². The van der Waals surface area contributed by atoms with Crippen LogP contribution in [-0.4, -0.2) is 28.0 Å². The maximum absolute atomic E-state index is 12.1. The van der Waals surface area contributed by atoms with Crippen LogP contribution in [0.5, 0.6) is 0 Å². The second-order valence-corrected chi connectivity index (χ2v) is 5.73. The van der Waals surface area contributed by atoms with Crippen LogP contribution in [0.3, 0.4) is 0 Å². The second kappa shape index (κ2) is 9.74. The molecule has 1 aromatic heterocycles. The molecule has 3 rings (SSSR count). The molecule has 4 nitrogen and oxygen atoms in total. The van der Waals surface area contributed by atoms with Gasteiger partial charge in [-0.25, -0.2) is 0 Å². The van der Waals surface area contributed by atoms with Crippen LogP contribution in [0.15, 0.2) is 48.8 Å². The number of aromatic nitrogens is 1. The van der Waals surface area contributed by atoms with Crippen LogP contribution in [-0.2, 0) is 13.0 Å². The van der Waals surface area contributed by atoms with Gasteiger partial charge in [0.15, 0.2) is 5.78 Å². The quantitative estimate of drug-likeness (QED) is 0.796. The van der Waals surface area contributed by atoms with Gasteiger partial charge in [-0.3, -0.25) is 9.78 Å². The third-order valence-electron chi connectivity index (χ3n) is 4.23. The van der Waals surface area contributed by atoms with E-state index in [1.807, 2.05) is 12.1 Å². The minimum atomic E-state index is -0.519. The lowest BCUT2D eigenvalue weighted by Crippen LogP contribution is -2.44. The van der Waals surface area contributed by atoms with E-state index < -0.39 is 6.10 Å². The van der Waals surface area contributed by atoms with Crippen LogP contribution in [0.25, 0.3) is 0 Å². The van der Waals surface area contributed by atoms with Gasteiger partial charge >= 0.3 is 0 Å². The summed E-state index contributed by atoms with van der Waals surface area (Å²) in [5.74, 6) is 0.0309. The Balaban J connectivity index is 0.00000144. The van der Waals surface area contributed by atoms with Gasteiger partial charge in [0.1, 0.15) is 0 Å². The van der Waals surface area contributed by atoms with Gasteiger partial charge in [-0.05, 0) is 36.1 Å². The summed E-state index contributed by atoms with van der Waals surface area (Å²) in [6, 6.07) is 11.8. The number of carbonyl (C=O) groups is 1. The van der Waals surface area contributed by atoms with E-state index in [0.29, 0.717) is 18.4 Å². The van der Waals surface area contributed by atoms with Crippen molar-refractivity contribution in [2.24, 2.45) is 0 Å². The van der Waals surface area contributed by atoms with Gasteiger partial charge in [-0.1, -0.05) is 24.3 Å². The fourth-order valence-electron chi connectivity index (χ4n) is 2.90. The number of aliphatic hydroxyl groups is 1. The van der Waals surface area contributed by atoms with Crippen molar-refractivity contribution in [3.8, 4) is 0 Å². The van der Waals surface area contributed by atoms with Crippen LogP contribution in [0, 0.1) is 0 Å². The van der Waals surface area contributed by atoms with E-state index in [9.17, 15) is 9.90 Å². The molecule has 0 aliphatic carbocycles. The van der Waals surface area contributed by atoms with E-state index in [1.54, 1.807) is 24.5 Å². The van der Waals surface area contributed by atoms with Gasteiger partial charge in [-0.15, -0.1) is 24.8 Å². The highest BCUT2D eigenvalue weighted by Crippen LogP contribution is 2.19. The lowest BCUT2D eigenvalue weighted by molar-refractivity contribution is 0.0877. The average molecular weight is 369 g/mol. The maximum Gasteiger partial charge on any atom is 0.164 e. The number of hydrogen-bond donors (Lipinski definition) is 2. The van der Waals surface area contributed by atoms with Crippen molar-refractivity contribution < 1.29 is 9.90 Å². The van der Waals surface area contributed by atoms with Crippen LogP contribution in [0.2, 0.25) is 0 Å². The molecule has 0 spiro atoms. The van der Waals surface area contributed by atoms with E-state index >= 15 is 0 Å². The Morgan fingerprint density at radius 2 is 1.96 bits per heavy atom. The molecule has 0 radical (unpaired) electrons. The molecule has 2 heterocycles. The van der Waals surface area contributed by atoms with Crippen molar-refractivity contribution in [3.63, 3.8) is 0 Å². The Labute approximate surface area is 154 Å². The molecular formula is C18H22Cl2N2O2. The summed E-state index contributed by atoms with van der Waals surface area (Å²) in [4.78, 5) is 16.0. The van der Waals surface area contributed by atoms with Crippen LogP contribution in [0.4, 0.5) is 0 Å². The topological polar surface area (TPSA) is 62.2 Å². The summed E-state index contributed by atoms with van der Waals surface area (Å²) in [5.41, 5.74) is 3.18. The molecule has 2 atom stereocenters. The number of rotatable bonds is 5. The molecule has 0 amide bonds. The summed E-state index contributed by atoms with van der Waals surface area (Å²) in [6.45, 7) is 0.772. The zero-order valence-corrected chi connectivity index (χ0v) is 14.9. The normalized spacial score (nSPS) is 17.0. The Hall–Kier alpha value is -1.46.